The van der Waals surface area contributed by atoms with Crippen molar-refractivity contribution in [2.24, 2.45) is 0 Å². The van der Waals surface area contributed by atoms with Crippen molar-refractivity contribution in [3.8, 4) is 0 Å². The number of nitrogens with one attached hydrogen (secondary N) is 1. The molecule has 1 amide bonds. The van der Waals surface area contributed by atoms with E-state index in [1.807, 2.05) is 48.5 Å². The minimum absolute atomic E-state index is 0.0913. The molecule has 0 bridgehead atoms. The first kappa shape index (κ1) is 17.0. The van der Waals surface area contributed by atoms with Gasteiger partial charge >= 0.3 is 12.1 Å². The first-order valence-corrected chi connectivity index (χ1v) is 7.79. The topological polar surface area (TPSA) is 75.6 Å². The van der Waals surface area contributed by atoms with Gasteiger partial charge in [-0.15, -0.1) is 0 Å². The van der Waals surface area contributed by atoms with Crippen LogP contribution in [0, 0.1) is 0 Å². The van der Waals surface area contributed by atoms with Crippen LogP contribution in [0.5, 0.6) is 0 Å². The molecule has 6 heteroatoms. The Labute approximate surface area is 142 Å². The van der Waals surface area contributed by atoms with Crippen LogP contribution in [0.2, 0.25) is 0 Å². The standard InChI is InChI=1S/C17H16BrNO4/c18-14-9-5-4-8-13(14)10-15(16(20)21)19-17(22)23-11-12-6-2-1-3-7-12/h1-9,15H,10-11H2,(H,19,22)(H,20,21)/t15-/m0/s1. The predicted molar refractivity (Wildman–Crippen MR) is 89.0 cm³/mol. The number of benzene rings is 2. The van der Waals surface area contributed by atoms with Gasteiger partial charge in [0, 0.05) is 10.9 Å². The summed E-state index contributed by atoms with van der Waals surface area (Å²) in [7, 11) is 0. The minimum Gasteiger partial charge on any atom is -0.480 e. The summed E-state index contributed by atoms with van der Waals surface area (Å²) in [6.45, 7) is 0.0913. The summed E-state index contributed by atoms with van der Waals surface area (Å²) in [5, 5.41) is 11.7. The molecule has 5 nitrogen and oxygen atoms in total. The van der Waals surface area contributed by atoms with Crippen molar-refractivity contribution in [2.45, 2.75) is 19.1 Å². The summed E-state index contributed by atoms with van der Waals surface area (Å²) < 4.78 is 5.85. The SMILES string of the molecule is O=C(N[C@@H](Cc1ccccc1Br)C(=O)O)OCc1ccccc1. The maximum absolute atomic E-state index is 11.8. The quantitative estimate of drug-likeness (QED) is 0.808. The third kappa shape index (κ3) is 5.41. The van der Waals surface area contributed by atoms with Crippen LogP contribution in [0.1, 0.15) is 11.1 Å². The summed E-state index contributed by atoms with van der Waals surface area (Å²) in [6.07, 6.45) is -0.592. The molecule has 0 spiro atoms. The van der Waals surface area contributed by atoms with Gasteiger partial charge in [-0.1, -0.05) is 64.5 Å². The molecular formula is C17H16BrNO4. The average molecular weight is 378 g/mol. The van der Waals surface area contributed by atoms with Gasteiger partial charge in [0.1, 0.15) is 12.6 Å². The fourth-order valence-corrected chi connectivity index (χ4v) is 2.44. The molecule has 0 aliphatic carbocycles. The number of alkyl carbamates (subject to hydrolysis) is 1. The number of hydrogen-bond donors (Lipinski definition) is 2. The maximum Gasteiger partial charge on any atom is 0.408 e. The van der Waals surface area contributed by atoms with Crippen molar-refractivity contribution in [3.63, 3.8) is 0 Å². The van der Waals surface area contributed by atoms with Crippen LogP contribution >= 0.6 is 15.9 Å². The molecule has 23 heavy (non-hydrogen) atoms. The molecule has 2 rings (SSSR count). The van der Waals surface area contributed by atoms with Gasteiger partial charge in [0.15, 0.2) is 0 Å². The minimum atomic E-state index is -1.11. The number of aliphatic carboxylic acids is 1. The fraction of sp³-hybridized carbons (Fsp3) is 0.176. The lowest BCUT2D eigenvalue weighted by molar-refractivity contribution is -0.139. The van der Waals surface area contributed by atoms with E-state index in [0.717, 1.165) is 15.6 Å². The molecular weight excluding hydrogens is 362 g/mol. The Morgan fingerprint density at radius 3 is 2.39 bits per heavy atom. The van der Waals surface area contributed by atoms with E-state index in [1.165, 1.54) is 0 Å². The third-order valence-electron chi connectivity index (χ3n) is 3.18. The van der Waals surface area contributed by atoms with Gasteiger partial charge in [-0.05, 0) is 17.2 Å². The number of rotatable bonds is 6. The second-order valence-corrected chi connectivity index (χ2v) is 5.75. The summed E-state index contributed by atoms with van der Waals surface area (Å²) in [5.74, 6) is -1.11. The smallest absolute Gasteiger partial charge is 0.408 e. The van der Waals surface area contributed by atoms with Crippen molar-refractivity contribution in [3.05, 3.63) is 70.2 Å². The Kier molecular flexibility index (Phi) is 6.17. The highest BCUT2D eigenvalue weighted by molar-refractivity contribution is 9.10. The zero-order valence-corrected chi connectivity index (χ0v) is 13.8. The van der Waals surface area contributed by atoms with Crippen LogP contribution in [-0.2, 0) is 22.6 Å². The summed E-state index contributed by atoms with van der Waals surface area (Å²) in [6, 6.07) is 15.4. The molecule has 1 atom stereocenters. The summed E-state index contributed by atoms with van der Waals surface area (Å²) >= 11 is 3.36. The van der Waals surface area contributed by atoms with Crippen LogP contribution < -0.4 is 5.32 Å². The molecule has 2 aromatic carbocycles. The molecule has 120 valence electrons. The van der Waals surface area contributed by atoms with Gasteiger partial charge in [-0.3, -0.25) is 0 Å². The predicted octanol–water partition coefficient (Wildman–Crippen LogP) is 3.37. The fourth-order valence-electron chi connectivity index (χ4n) is 1.99. The van der Waals surface area contributed by atoms with Crippen molar-refractivity contribution >= 4 is 28.0 Å². The number of carbonyl (C=O) groups is 2. The van der Waals surface area contributed by atoms with Crippen molar-refractivity contribution in [1.29, 1.82) is 0 Å². The highest BCUT2D eigenvalue weighted by Gasteiger charge is 2.22. The van der Waals surface area contributed by atoms with E-state index in [9.17, 15) is 14.7 Å². The molecule has 2 N–H and O–H groups in total. The maximum atomic E-state index is 11.8. The van der Waals surface area contributed by atoms with Gasteiger partial charge in [-0.25, -0.2) is 9.59 Å². The second kappa shape index (κ2) is 8.33. The van der Waals surface area contributed by atoms with Gasteiger partial charge < -0.3 is 15.2 Å². The Balaban J connectivity index is 1.92. The van der Waals surface area contributed by atoms with Crippen molar-refractivity contribution in [2.75, 3.05) is 0 Å². The number of ether oxygens (including phenoxy) is 1. The number of hydrogen-bond acceptors (Lipinski definition) is 3. The van der Waals surface area contributed by atoms with Crippen molar-refractivity contribution < 1.29 is 19.4 Å². The number of carboxylic acid groups (broad SMARTS) is 1. The molecule has 0 heterocycles. The lowest BCUT2D eigenvalue weighted by Gasteiger charge is -2.15. The molecule has 0 aliphatic heterocycles. The average Bonchev–Trinajstić information content (AvgIpc) is 2.55. The molecule has 2 aromatic rings. The van der Waals surface area contributed by atoms with E-state index in [4.69, 9.17) is 4.74 Å². The zero-order valence-electron chi connectivity index (χ0n) is 12.2. The largest absolute Gasteiger partial charge is 0.480 e. The highest BCUT2D eigenvalue weighted by atomic mass is 79.9. The molecule has 0 aromatic heterocycles. The molecule has 0 aliphatic rings. The van der Waals surface area contributed by atoms with Gasteiger partial charge in [-0.2, -0.15) is 0 Å². The Bertz CT molecular complexity index is 675. The molecule has 0 saturated carbocycles. The van der Waals surface area contributed by atoms with Crippen LogP contribution in [0.3, 0.4) is 0 Å². The van der Waals surface area contributed by atoms with E-state index in [1.54, 1.807) is 6.07 Å². The van der Waals surface area contributed by atoms with Crippen molar-refractivity contribution in [1.82, 2.24) is 5.32 Å². The van der Waals surface area contributed by atoms with Crippen LogP contribution in [0.4, 0.5) is 4.79 Å². The van der Waals surface area contributed by atoms with E-state index >= 15 is 0 Å². The number of amides is 1. The van der Waals surface area contributed by atoms with E-state index < -0.39 is 18.1 Å². The van der Waals surface area contributed by atoms with Gasteiger partial charge in [0.25, 0.3) is 0 Å². The van der Waals surface area contributed by atoms with Gasteiger partial charge in [0.2, 0.25) is 0 Å². The first-order chi connectivity index (χ1) is 11.1. The Hall–Kier alpha value is -2.34. The van der Waals surface area contributed by atoms with Crippen LogP contribution in [0.15, 0.2) is 59.1 Å². The third-order valence-corrected chi connectivity index (χ3v) is 3.96. The molecule has 0 saturated heterocycles. The lowest BCUT2D eigenvalue weighted by atomic mass is 10.1. The first-order valence-electron chi connectivity index (χ1n) is 6.99. The van der Waals surface area contributed by atoms with Crippen LogP contribution in [-0.4, -0.2) is 23.2 Å². The number of carbonyl (C=O) groups excluding carboxylic acids is 1. The van der Waals surface area contributed by atoms with E-state index in [2.05, 4.69) is 21.2 Å². The molecule has 0 fully saturated rings. The lowest BCUT2D eigenvalue weighted by Crippen LogP contribution is -2.42. The summed E-state index contributed by atoms with van der Waals surface area (Å²) in [5.41, 5.74) is 1.63. The second-order valence-electron chi connectivity index (χ2n) is 4.89. The normalized spacial score (nSPS) is 11.5. The number of carboxylic acids is 1. The zero-order chi connectivity index (χ0) is 16.7. The van der Waals surface area contributed by atoms with Crippen LogP contribution in [0.25, 0.3) is 0 Å². The van der Waals surface area contributed by atoms with Gasteiger partial charge in [0.05, 0.1) is 0 Å². The Morgan fingerprint density at radius 2 is 1.74 bits per heavy atom. The molecule has 0 unspecified atom stereocenters. The number of halogens is 1. The Morgan fingerprint density at radius 1 is 1.09 bits per heavy atom. The van der Waals surface area contributed by atoms with E-state index in [0.29, 0.717) is 0 Å². The monoisotopic (exact) mass is 377 g/mol. The summed E-state index contributed by atoms with van der Waals surface area (Å²) in [4.78, 5) is 23.1. The molecule has 0 radical (unpaired) electrons. The highest BCUT2D eigenvalue weighted by Crippen LogP contribution is 2.17. The van der Waals surface area contributed by atoms with E-state index in [-0.39, 0.29) is 13.0 Å².